The third-order valence-corrected chi connectivity index (χ3v) is 3.50. The molecule has 0 bridgehead atoms. The summed E-state index contributed by atoms with van der Waals surface area (Å²) in [5, 5.41) is 5.90. The fourth-order valence-corrected chi connectivity index (χ4v) is 2.33. The van der Waals surface area contributed by atoms with E-state index in [1.807, 2.05) is 0 Å². The van der Waals surface area contributed by atoms with E-state index in [1.54, 1.807) is 0 Å². The molecule has 1 aliphatic rings. The zero-order valence-electron chi connectivity index (χ0n) is 12.1. The van der Waals surface area contributed by atoms with Gasteiger partial charge in [0.2, 0.25) is 5.91 Å². The van der Waals surface area contributed by atoms with Crippen molar-refractivity contribution in [2.75, 3.05) is 26.2 Å². The maximum atomic E-state index is 12.5. The summed E-state index contributed by atoms with van der Waals surface area (Å²) in [4.78, 5) is 11.8. The average molecular weight is 316 g/mol. The minimum atomic E-state index is -4.39. The highest BCUT2D eigenvalue weighted by atomic mass is 19.4. The van der Waals surface area contributed by atoms with Crippen LogP contribution in [0.25, 0.3) is 0 Å². The molecule has 1 heterocycles. The van der Waals surface area contributed by atoms with Crippen LogP contribution in [0.1, 0.15) is 18.4 Å². The third-order valence-electron chi connectivity index (χ3n) is 3.50. The van der Waals surface area contributed by atoms with Gasteiger partial charge >= 0.3 is 6.18 Å². The van der Waals surface area contributed by atoms with Gasteiger partial charge in [0.25, 0.3) is 0 Å². The van der Waals surface area contributed by atoms with Crippen LogP contribution in [0.4, 0.5) is 13.2 Å². The van der Waals surface area contributed by atoms with E-state index < -0.39 is 11.7 Å². The summed E-state index contributed by atoms with van der Waals surface area (Å²) in [6, 6.07) is 4.70. The van der Waals surface area contributed by atoms with Crippen LogP contribution in [0.15, 0.2) is 24.3 Å². The molecule has 4 nitrogen and oxygen atoms in total. The van der Waals surface area contributed by atoms with Crippen LogP contribution in [-0.2, 0) is 11.0 Å². The van der Waals surface area contributed by atoms with Crippen LogP contribution in [0, 0.1) is 5.92 Å². The molecule has 0 aliphatic carbocycles. The van der Waals surface area contributed by atoms with Crippen molar-refractivity contribution in [2.45, 2.75) is 19.0 Å². The van der Waals surface area contributed by atoms with Crippen LogP contribution in [0.3, 0.4) is 0 Å². The fourth-order valence-electron chi connectivity index (χ4n) is 2.33. The van der Waals surface area contributed by atoms with Gasteiger partial charge in [0.15, 0.2) is 0 Å². The molecule has 22 heavy (non-hydrogen) atoms. The Balaban J connectivity index is 1.73. The molecule has 2 rings (SSSR count). The molecule has 0 spiro atoms. The molecule has 0 saturated carbocycles. The number of halogens is 3. The van der Waals surface area contributed by atoms with Crippen molar-refractivity contribution in [1.82, 2.24) is 10.6 Å². The fraction of sp³-hybridized carbons (Fsp3) is 0.533. The second-order valence-electron chi connectivity index (χ2n) is 5.21. The van der Waals surface area contributed by atoms with E-state index in [-0.39, 0.29) is 30.7 Å². The van der Waals surface area contributed by atoms with Crippen LogP contribution in [0.5, 0.6) is 5.75 Å². The molecule has 0 radical (unpaired) electrons. The standard InChI is InChI=1S/C15H19F3N2O2/c16-15(17,18)12-4-1-5-13(9-12)22-8-7-20-14(21)11-3-2-6-19-10-11/h1,4-5,9,11,19H,2-3,6-8,10H2,(H,20,21). The number of carbonyl (C=O) groups is 1. The monoisotopic (exact) mass is 316 g/mol. The molecule has 122 valence electrons. The van der Waals surface area contributed by atoms with Crippen molar-refractivity contribution >= 4 is 5.91 Å². The van der Waals surface area contributed by atoms with Crippen molar-refractivity contribution in [3.8, 4) is 5.75 Å². The Morgan fingerprint density at radius 2 is 2.23 bits per heavy atom. The van der Waals surface area contributed by atoms with Gasteiger partial charge in [-0.15, -0.1) is 0 Å². The lowest BCUT2D eigenvalue weighted by molar-refractivity contribution is -0.137. The van der Waals surface area contributed by atoms with Crippen molar-refractivity contribution in [3.63, 3.8) is 0 Å². The maximum absolute atomic E-state index is 12.5. The van der Waals surface area contributed by atoms with Gasteiger partial charge in [0, 0.05) is 6.54 Å². The first kappa shape index (κ1) is 16.6. The smallest absolute Gasteiger partial charge is 0.416 e. The summed E-state index contributed by atoms with van der Waals surface area (Å²) in [5.41, 5.74) is -0.748. The summed E-state index contributed by atoms with van der Waals surface area (Å²) in [7, 11) is 0. The molecule has 2 N–H and O–H groups in total. The van der Waals surface area contributed by atoms with Gasteiger partial charge in [0.05, 0.1) is 18.0 Å². The number of rotatable bonds is 5. The Morgan fingerprint density at radius 1 is 1.41 bits per heavy atom. The Hall–Kier alpha value is -1.76. The summed E-state index contributed by atoms with van der Waals surface area (Å²) < 4.78 is 42.9. The SMILES string of the molecule is O=C(NCCOc1cccc(C(F)(F)F)c1)C1CCCNC1. The zero-order chi connectivity index (χ0) is 16.0. The number of amides is 1. The van der Waals surface area contributed by atoms with Crippen molar-refractivity contribution in [2.24, 2.45) is 5.92 Å². The maximum Gasteiger partial charge on any atom is 0.416 e. The van der Waals surface area contributed by atoms with Crippen LogP contribution in [-0.4, -0.2) is 32.1 Å². The lowest BCUT2D eigenvalue weighted by Gasteiger charge is -2.21. The number of alkyl halides is 3. The van der Waals surface area contributed by atoms with Gasteiger partial charge in [-0.05, 0) is 37.6 Å². The minimum Gasteiger partial charge on any atom is -0.492 e. The summed E-state index contributed by atoms with van der Waals surface area (Å²) in [6.45, 7) is 2.00. The van der Waals surface area contributed by atoms with E-state index in [0.717, 1.165) is 31.5 Å². The van der Waals surface area contributed by atoms with Gasteiger partial charge in [-0.1, -0.05) is 6.07 Å². The molecule has 1 fully saturated rings. The van der Waals surface area contributed by atoms with Crippen LogP contribution in [0.2, 0.25) is 0 Å². The largest absolute Gasteiger partial charge is 0.492 e. The number of benzene rings is 1. The van der Waals surface area contributed by atoms with Crippen molar-refractivity contribution in [3.05, 3.63) is 29.8 Å². The summed E-state index contributed by atoms with van der Waals surface area (Å²) in [5.74, 6) is 0.0607. The van der Waals surface area contributed by atoms with Gasteiger partial charge < -0.3 is 15.4 Å². The zero-order valence-corrected chi connectivity index (χ0v) is 12.1. The molecule has 1 aromatic carbocycles. The molecular formula is C15H19F3N2O2. The molecule has 1 aromatic rings. The van der Waals surface area contributed by atoms with Gasteiger partial charge in [0.1, 0.15) is 12.4 Å². The number of nitrogens with one attached hydrogen (secondary N) is 2. The molecule has 0 aromatic heterocycles. The number of hydrogen-bond acceptors (Lipinski definition) is 3. The molecule has 1 atom stereocenters. The van der Waals surface area contributed by atoms with Crippen molar-refractivity contribution < 1.29 is 22.7 Å². The van der Waals surface area contributed by atoms with Gasteiger partial charge in [-0.3, -0.25) is 4.79 Å². The van der Waals surface area contributed by atoms with E-state index >= 15 is 0 Å². The molecule has 7 heteroatoms. The second kappa shape index (κ2) is 7.49. The van der Waals surface area contributed by atoms with Crippen molar-refractivity contribution in [1.29, 1.82) is 0 Å². The number of hydrogen-bond donors (Lipinski definition) is 2. The average Bonchev–Trinajstić information content (AvgIpc) is 2.52. The molecular weight excluding hydrogens is 297 g/mol. The van der Waals surface area contributed by atoms with E-state index in [4.69, 9.17) is 4.74 Å². The third kappa shape index (κ3) is 4.91. The molecule has 1 saturated heterocycles. The van der Waals surface area contributed by atoms with E-state index in [9.17, 15) is 18.0 Å². The Morgan fingerprint density at radius 3 is 2.91 bits per heavy atom. The Bertz CT molecular complexity index is 500. The number of carbonyl (C=O) groups excluding carboxylic acids is 1. The first-order valence-electron chi connectivity index (χ1n) is 7.25. The summed E-state index contributed by atoms with van der Waals surface area (Å²) in [6.07, 6.45) is -2.56. The Kier molecular flexibility index (Phi) is 5.65. The minimum absolute atomic E-state index is 0.0395. The van der Waals surface area contributed by atoms with Crippen LogP contribution >= 0.6 is 0 Å². The number of piperidine rings is 1. The normalized spacial score (nSPS) is 18.8. The Labute approximate surface area is 127 Å². The molecule has 1 aliphatic heterocycles. The van der Waals surface area contributed by atoms with E-state index in [0.29, 0.717) is 6.54 Å². The lowest BCUT2D eigenvalue weighted by Crippen LogP contribution is -2.41. The topological polar surface area (TPSA) is 50.4 Å². The highest BCUT2D eigenvalue weighted by molar-refractivity contribution is 5.78. The first-order valence-corrected chi connectivity index (χ1v) is 7.25. The molecule has 1 amide bonds. The lowest BCUT2D eigenvalue weighted by atomic mass is 9.99. The van der Waals surface area contributed by atoms with E-state index in [1.165, 1.54) is 12.1 Å². The highest BCUT2D eigenvalue weighted by Gasteiger charge is 2.30. The predicted molar refractivity (Wildman–Crippen MR) is 75.5 cm³/mol. The second-order valence-corrected chi connectivity index (χ2v) is 5.21. The van der Waals surface area contributed by atoms with Gasteiger partial charge in [-0.25, -0.2) is 0 Å². The number of ether oxygens (including phenoxy) is 1. The first-order chi connectivity index (χ1) is 10.5. The quantitative estimate of drug-likeness (QED) is 0.819. The highest BCUT2D eigenvalue weighted by Crippen LogP contribution is 2.31. The van der Waals surface area contributed by atoms with E-state index in [2.05, 4.69) is 10.6 Å². The van der Waals surface area contributed by atoms with Gasteiger partial charge in [-0.2, -0.15) is 13.2 Å². The predicted octanol–water partition coefficient (Wildman–Crippen LogP) is 2.20. The molecule has 1 unspecified atom stereocenters. The van der Waals surface area contributed by atoms with Crippen LogP contribution < -0.4 is 15.4 Å². The summed E-state index contributed by atoms with van der Waals surface area (Å²) >= 11 is 0.